The van der Waals surface area contributed by atoms with Gasteiger partial charge in [0, 0.05) is 57.0 Å². The molecule has 1 aliphatic heterocycles. The highest BCUT2D eigenvalue weighted by atomic mass is 16.3. The first-order valence-corrected chi connectivity index (χ1v) is 26.2. The summed E-state index contributed by atoms with van der Waals surface area (Å²) in [7, 11) is 3.56. The summed E-state index contributed by atoms with van der Waals surface area (Å²) in [6.07, 6.45) is -4.91. The Hall–Kier alpha value is -5.56. The Morgan fingerprint density at radius 1 is 0.693 bits per heavy atom. The first-order chi connectivity index (χ1) is 35.5. The van der Waals surface area contributed by atoms with Gasteiger partial charge in [0.2, 0.25) is 35.4 Å². The van der Waals surface area contributed by atoms with Crippen molar-refractivity contribution in [3.05, 3.63) is 35.9 Å². The van der Waals surface area contributed by atoms with Gasteiger partial charge in [0.15, 0.2) is 17.3 Å². The minimum atomic E-state index is -1.40. The summed E-state index contributed by atoms with van der Waals surface area (Å²) in [5.74, 6) is -12.0. The van der Waals surface area contributed by atoms with Crippen molar-refractivity contribution < 1.29 is 58.2 Å². The molecule has 2 rings (SSSR count). The van der Waals surface area contributed by atoms with E-state index in [0.29, 0.717) is 12.1 Å². The second-order valence-corrected chi connectivity index (χ2v) is 20.4. The van der Waals surface area contributed by atoms with Crippen LogP contribution in [-0.4, -0.2) is 169 Å². The van der Waals surface area contributed by atoms with Crippen molar-refractivity contribution in [1.82, 2.24) is 36.8 Å². The molecule has 1 aromatic rings. The molecule has 16 N–H and O–H groups in total. The molecule has 1 aromatic carbocycles. The van der Waals surface area contributed by atoms with Gasteiger partial charge in [-0.2, -0.15) is 0 Å². The van der Waals surface area contributed by atoms with E-state index < -0.39 is 138 Å². The van der Waals surface area contributed by atoms with Gasteiger partial charge in [-0.1, -0.05) is 44.2 Å². The van der Waals surface area contributed by atoms with E-state index in [0.717, 1.165) is 0 Å². The summed E-state index contributed by atoms with van der Waals surface area (Å²) >= 11 is 0. The second-order valence-electron chi connectivity index (χ2n) is 20.4. The Morgan fingerprint density at radius 3 is 1.77 bits per heavy atom. The molecule has 23 nitrogen and oxygen atoms in total. The third-order valence-electron chi connectivity index (χ3n) is 13.2. The smallest absolute Gasteiger partial charge is 0.243 e. The number of Topliss-reactive ketones (excluding diaryl/α,β-unsaturated/α-hetero) is 4. The van der Waals surface area contributed by atoms with E-state index in [4.69, 9.17) is 22.9 Å². The molecule has 0 bridgehead atoms. The number of hydrogen-bond donors (Lipinski definition) is 12. The molecule has 0 radical (unpaired) electrons. The van der Waals surface area contributed by atoms with Gasteiger partial charge < -0.3 is 69.9 Å². The molecular formula is C52H87N11O12. The third kappa shape index (κ3) is 23.5. The zero-order valence-corrected chi connectivity index (χ0v) is 44.8. The molecule has 11 atom stereocenters. The van der Waals surface area contributed by atoms with Crippen LogP contribution in [0, 0.1) is 29.6 Å². The fraction of sp³-hybridized carbons (Fsp3) is 0.692. The van der Waals surface area contributed by atoms with Gasteiger partial charge in [-0.05, 0) is 111 Å². The lowest BCUT2D eigenvalue weighted by Crippen LogP contribution is -2.57. The normalized spacial score (nSPS) is 24.0. The fourth-order valence-corrected chi connectivity index (χ4v) is 8.75. The number of aliphatic hydroxyl groups excluding tert-OH is 2. The van der Waals surface area contributed by atoms with Crippen LogP contribution in [0.3, 0.4) is 0 Å². The summed E-state index contributed by atoms with van der Waals surface area (Å²) in [6.45, 7) is 6.06. The first-order valence-electron chi connectivity index (χ1n) is 26.2. The topological polar surface area (TPSA) is 391 Å². The first kappa shape index (κ1) is 65.6. The Labute approximate surface area is 441 Å². The second kappa shape index (κ2) is 34.2. The number of benzene rings is 1. The minimum Gasteiger partial charge on any atom is -0.393 e. The van der Waals surface area contributed by atoms with Crippen molar-refractivity contribution in [3.8, 4) is 0 Å². The van der Waals surface area contributed by atoms with Crippen molar-refractivity contribution in [1.29, 1.82) is 0 Å². The van der Waals surface area contributed by atoms with Crippen LogP contribution in [0.15, 0.2) is 30.3 Å². The predicted molar refractivity (Wildman–Crippen MR) is 281 cm³/mol. The fourth-order valence-electron chi connectivity index (χ4n) is 8.75. The van der Waals surface area contributed by atoms with Gasteiger partial charge in [0.1, 0.15) is 17.9 Å². The van der Waals surface area contributed by atoms with Crippen molar-refractivity contribution in [3.63, 3.8) is 0 Å². The zero-order valence-electron chi connectivity index (χ0n) is 44.8. The number of nitrogens with two attached hydrogens (primary N) is 4. The van der Waals surface area contributed by atoms with E-state index in [1.165, 1.54) is 13.8 Å². The average Bonchev–Trinajstić information content (AvgIpc) is 3.34. The number of rotatable bonds is 24. The number of nitrogens with one attached hydrogen (secondary N) is 6. The molecule has 6 amide bonds. The molecule has 422 valence electrons. The molecule has 0 aromatic heterocycles. The van der Waals surface area contributed by atoms with Crippen LogP contribution in [-0.2, 0) is 54.4 Å². The van der Waals surface area contributed by atoms with Gasteiger partial charge in [0.25, 0.3) is 0 Å². The van der Waals surface area contributed by atoms with E-state index >= 15 is 0 Å². The van der Waals surface area contributed by atoms with Crippen molar-refractivity contribution in [2.75, 3.05) is 53.4 Å². The van der Waals surface area contributed by atoms with Crippen LogP contribution < -0.4 is 54.8 Å². The summed E-state index contributed by atoms with van der Waals surface area (Å²) in [5, 5.41) is 37.4. The quantitative estimate of drug-likeness (QED) is 0.0515. The van der Waals surface area contributed by atoms with Gasteiger partial charge in [-0.25, -0.2) is 0 Å². The molecule has 75 heavy (non-hydrogen) atoms. The predicted octanol–water partition coefficient (Wildman–Crippen LogP) is -2.37. The van der Waals surface area contributed by atoms with Gasteiger partial charge in [-0.15, -0.1) is 0 Å². The monoisotopic (exact) mass is 1060 g/mol. The van der Waals surface area contributed by atoms with E-state index in [-0.39, 0.29) is 102 Å². The summed E-state index contributed by atoms with van der Waals surface area (Å²) in [4.78, 5) is 141. The largest absolute Gasteiger partial charge is 0.393 e. The molecule has 23 heteroatoms. The lowest BCUT2D eigenvalue weighted by atomic mass is 9.89. The van der Waals surface area contributed by atoms with Crippen LogP contribution >= 0.6 is 0 Å². The lowest BCUT2D eigenvalue weighted by Gasteiger charge is -2.28. The Balaban J connectivity index is 2.73. The highest BCUT2D eigenvalue weighted by molar-refractivity contribution is 5.98. The van der Waals surface area contributed by atoms with Crippen LogP contribution in [0.25, 0.3) is 0 Å². The number of aliphatic hydroxyl groups is 2. The number of hydrogen-bond acceptors (Lipinski definition) is 17. The Kier molecular flexibility index (Phi) is 29.9. The lowest BCUT2D eigenvalue weighted by molar-refractivity contribution is -0.137. The Bertz CT molecular complexity index is 2040. The molecular weight excluding hydrogens is 971 g/mol. The number of carbonyl (C=O) groups is 10. The van der Waals surface area contributed by atoms with Crippen LogP contribution in [0.2, 0.25) is 0 Å². The maximum Gasteiger partial charge on any atom is 0.243 e. The van der Waals surface area contributed by atoms with Crippen LogP contribution in [0.1, 0.15) is 104 Å². The third-order valence-corrected chi connectivity index (χ3v) is 13.2. The number of nitrogens with zero attached hydrogens (tertiary/aromatic N) is 1. The van der Waals surface area contributed by atoms with Crippen molar-refractivity contribution in [2.45, 2.75) is 147 Å². The Morgan fingerprint density at radius 2 is 1.23 bits per heavy atom. The molecule has 0 spiro atoms. The zero-order chi connectivity index (χ0) is 56.4. The molecule has 1 heterocycles. The van der Waals surface area contributed by atoms with Gasteiger partial charge in [0.05, 0.1) is 42.2 Å². The maximum absolute atomic E-state index is 14.5. The SMILES string of the molecule is CC(C)C[C@@H]1NC(=O)[C@@H](Cc2ccccc2)CC(=O)[C@H](CCN)NC(=O)[C@@H](CC(=O)[C@H](CCN)NC(=O)[C@@H](CC(=O)CCN(C)C)C(C)O)CCNC(=O)[C@H](C(C)O)CC(=O)[C@H](CCN)NC(=O)[C@H](CCN)NC1=O. The van der Waals surface area contributed by atoms with Gasteiger partial charge in [-0.3, -0.25) is 47.9 Å². The number of ketones is 4. The summed E-state index contributed by atoms with van der Waals surface area (Å²) < 4.78 is 0. The van der Waals surface area contributed by atoms with Crippen molar-refractivity contribution in [2.24, 2.45) is 52.5 Å². The van der Waals surface area contributed by atoms with Crippen molar-refractivity contribution >= 4 is 58.6 Å². The van der Waals surface area contributed by atoms with E-state index in [1.807, 2.05) is 13.8 Å². The number of carbonyl (C=O) groups excluding carboxylic acids is 10. The number of amides is 6. The maximum atomic E-state index is 14.5. The summed E-state index contributed by atoms with van der Waals surface area (Å²) in [6, 6.07) is 2.47. The summed E-state index contributed by atoms with van der Waals surface area (Å²) in [5.41, 5.74) is 24.3. The molecule has 0 saturated carbocycles. The molecule has 2 unspecified atom stereocenters. The van der Waals surface area contributed by atoms with Crippen LogP contribution in [0.4, 0.5) is 0 Å². The molecule has 1 aliphatic rings. The van der Waals surface area contributed by atoms with E-state index in [1.54, 1.807) is 49.3 Å². The van der Waals surface area contributed by atoms with E-state index in [2.05, 4.69) is 31.9 Å². The molecule has 0 aliphatic carbocycles. The standard InChI is InChI=1S/C52H87N11O12/c1-30(2)24-43-52(75)61-42(15-21-56)51(74)60-41(14-20-55)46(69)29-38(32(4)65)49(72)57-22-16-34(26-44(67)40(13-19-54)59-50(73)37(31(3)64)28-36(66)17-23-63(5)6)47(70)58-39(12-18-53)45(68)27-35(48(71)62-43)25-33-10-8-7-9-11-33/h7-11,30-32,34-35,37-43,64-65H,12-29,53-56H2,1-6H3,(H,57,72)(H,58,70)(H,59,73)(H,60,74)(H,61,75)(H,62,71)/t31?,32?,34-,35+,37+,38+,39+,40+,41+,42+,43+/m1/s1. The average molecular weight is 1060 g/mol. The molecule has 1 saturated heterocycles. The minimum absolute atomic E-state index is 0.0329. The van der Waals surface area contributed by atoms with Crippen LogP contribution in [0.5, 0.6) is 0 Å². The highest BCUT2D eigenvalue weighted by Crippen LogP contribution is 2.21. The molecule has 1 fully saturated rings. The van der Waals surface area contributed by atoms with E-state index in [9.17, 15) is 58.2 Å². The van der Waals surface area contributed by atoms with Gasteiger partial charge >= 0.3 is 0 Å². The highest BCUT2D eigenvalue weighted by Gasteiger charge is 2.37.